The van der Waals surface area contributed by atoms with Gasteiger partial charge in [0.05, 0.1) is 0 Å². The van der Waals surface area contributed by atoms with Crippen molar-refractivity contribution in [2.24, 2.45) is 0 Å². The molecule has 0 fully saturated rings. The first-order valence-electron chi connectivity index (χ1n) is 5.83. The Labute approximate surface area is 107 Å². The Hall–Kier alpha value is -2.34. The van der Waals surface area contributed by atoms with Gasteiger partial charge in [0.15, 0.2) is 4.98 Å². The van der Waals surface area contributed by atoms with Gasteiger partial charge in [-0.15, -0.1) is 0 Å². The second kappa shape index (κ2) is 5.33. The molecule has 0 unspecified atom stereocenters. The van der Waals surface area contributed by atoms with Crippen molar-refractivity contribution in [3.63, 3.8) is 0 Å². The van der Waals surface area contributed by atoms with Crippen LogP contribution in [0.15, 0.2) is 42.5 Å². The third kappa shape index (κ3) is 2.86. The smallest absolute Gasteiger partial charge is 0.426 e. The molecular formula is C15H15N2O+. The van der Waals surface area contributed by atoms with E-state index in [4.69, 9.17) is 10.1 Å². The topological polar surface area (TPSA) is 37.4 Å². The lowest BCUT2D eigenvalue weighted by Gasteiger charge is -2.05. The van der Waals surface area contributed by atoms with Gasteiger partial charge in [0, 0.05) is 6.07 Å². The van der Waals surface area contributed by atoms with Crippen molar-refractivity contribution < 1.29 is 4.74 Å². The summed E-state index contributed by atoms with van der Waals surface area (Å²) in [6, 6.07) is 13.7. The minimum absolute atomic E-state index is 0.460. The summed E-state index contributed by atoms with van der Waals surface area (Å²) >= 11 is 0. The predicted octanol–water partition coefficient (Wildman–Crippen LogP) is 4.37. The van der Waals surface area contributed by atoms with Gasteiger partial charge in [0.1, 0.15) is 6.61 Å². The Kier molecular flexibility index (Phi) is 3.59. The van der Waals surface area contributed by atoms with Crippen molar-refractivity contribution >= 4 is 5.69 Å². The summed E-state index contributed by atoms with van der Waals surface area (Å²) in [7, 11) is 0. The Balaban J connectivity index is 2.11. The molecule has 0 aliphatic rings. The molecule has 0 bridgehead atoms. The van der Waals surface area contributed by atoms with Gasteiger partial charge in [-0.25, -0.2) is 0 Å². The average molecular weight is 239 g/mol. The third-order valence-electron chi connectivity index (χ3n) is 2.74. The monoisotopic (exact) mass is 239 g/mol. The predicted molar refractivity (Wildman–Crippen MR) is 71.4 cm³/mol. The van der Waals surface area contributed by atoms with Crippen LogP contribution >= 0.6 is 0 Å². The lowest BCUT2D eigenvalue weighted by Crippen LogP contribution is -1.95. The Bertz CT molecular complexity index is 582. The first-order chi connectivity index (χ1) is 8.69. The number of hydrogen-bond donors (Lipinski definition) is 0. The lowest BCUT2D eigenvalue weighted by molar-refractivity contribution is 0.308. The highest BCUT2D eigenvalue weighted by Crippen LogP contribution is 2.29. The summed E-state index contributed by atoms with van der Waals surface area (Å²) in [6.07, 6.45) is 0. The van der Waals surface area contributed by atoms with Crippen LogP contribution in [0.5, 0.6) is 5.75 Å². The SMILES string of the molecule is Cc1ccc(COc2ccc(C)cc2[N+]#N)cc1. The van der Waals surface area contributed by atoms with Crippen molar-refractivity contribution in [1.82, 2.24) is 0 Å². The summed E-state index contributed by atoms with van der Waals surface area (Å²) in [5, 5.41) is 8.92. The fourth-order valence-corrected chi connectivity index (χ4v) is 1.67. The van der Waals surface area contributed by atoms with E-state index in [1.807, 2.05) is 50.2 Å². The van der Waals surface area contributed by atoms with Gasteiger partial charge in [-0.05, 0) is 31.0 Å². The van der Waals surface area contributed by atoms with Gasteiger partial charge in [-0.1, -0.05) is 35.9 Å². The van der Waals surface area contributed by atoms with E-state index < -0.39 is 0 Å². The second-order valence-electron chi connectivity index (χ2n) is 4.35. The van der Waals surface area contributed by atoms with Crippen molar-refractivity contribution in [3.05, 3.63) is 64.1 Å². The van der Waals surface area contributed by atoms with E-state index in [9.17, 15) is 0 Å². The van der Waals surface area contributed by atoms with E-state index in [0.29, 0.717) is 18.0 Å². The maximum Gasteiger partial charge on any atom is 0.426 e. The van der Waals surface area contributed by atoms with Gasteiger partial charge in [0.25, 0.3) is 0 Å². The number of nitrogens with zero attached hydrogens (tertiary/aromatic N) is 2. The molecule has 0 aliphatic heterocycles. The zero-order chi connectivity index (χ0) is 13.0. The Morgan fingerprint density at radius 1 is 1.00 bits per heavy atom. The summed E-state index contributed by atoms with van der Waals surface area (Å²) < 4.78 is 5.66. The molecule has 0 saturated carbocycles. The molecule has 0 aliphatic carbocycles. The fraction of sp³-hybridized carbons (Fsp3) is 0.200. The molecule has 2 rings (SSSR count). The normalized spacial score (nSPS) is 9.83. The number of hydrogen-bond acceptors (Lipinski definition) is 2. The van der Waals surface area contributed by atoms with E-state index in [1.54, 1.807) is 6.07 Å². The van der Waals surface area contributed by atoms with Crippen LogP contribution in [-0.2, 0) is 6.61 Å². The highest BCUT2D eigenvalue weighted by Gasteiger charge is 2.14. The first kappa shape index (κ1) is 12.1. The minimum Gasteiger partial charge on any atom is -0.481 e. The minimum atomic E-state index is 0.460. The van der Waals surface area contributed by atoms with Crippen LogP contribution in [0.1, 0.15) is 16.7 Å². The molecule has 0 atom stereocenters. The number of benzene rings is 2. The Morgan fingerprint density at radius 2 is 1.67 bits per heavy atom. The summed E-state index contributed by atoms with van der Waals surface area (Å²) in [6.45, 7) is 4.46. The third-order valence-corrected chi connectivity index (χ3v) is 2.74. The van der Waals surface area contributed by atoms with Crippen LogP contribution in [0.25, 0.3) is 4.98 Å². The molecule has 0 amide bonds. The van der Waals surface area contributed by atoms with E-state index in [1.165, 1.54) is 5.56 Å². The molecule has 0 N–H and O–H groups in total. The number of diazo groups is 1. The number of rotatable bonds is 3. The van der Waals surface area contributed by atoms with Crippen molar-refractivity contribution in [2.45, 2.75) is 20.5 Å². The maximum atomic E-state index is 8.92. The summed E-state index contributed by atoms with van der Waals surface area (Å²) in [5.41, 5.74) is 3.80. The van der Waals surface area contributed by atoms with E-state index in [0.717, 1.165) is 11.1 Å². The zero-order valence-corrected chi connectivity index (χ0v) is 10.6. The summed E-state index contributed by atoms with van der Waals surface area (Å²) in [5.74, 6) is 0.587. The van der Waals surface area contributed by atoms with E-state index in [-0.39, 0.29) is 0 Å². The number of aryl methyl sites for hydroxylation is 2. The average Bonchev–Trinajstić information content (AvgIpc) is 2.39. The first-order valence-corrected chi connectivity index (χ1v) is 5.83. The fourth-order valence-electron chi connectivity index (χ4n) is 1.67. The van der Waals surface area contributed by atoms with Crippen LogP contribution < -0.4 is 4.74 Å². The molecule has 3 heteroatoms. The Morgan fingerprint density at radius 3 is 2.33 bits per heavy atom. The maximum absolute atomic E-state index is 8.92. The lowest BCUT2D eigenvalue weighted by atomic mass is 10.1. The van der Waals surface area contributed by atoms with Crippen LogP contribution in [-0.4, -0.2) is 0 Å². The van der Waals surface area contributed by atoms with Crippen LogP contribution in [0.2, 0.25) is 0 Å². The largest absolute Gasteiger partial charge is 0.481 e. The molecule has 18 heavy (non-hydrogen) atoms. The van der Waals surface area contributed by atoms with Gasteiger partial charge < -0.3 is 4.74 Å². The molecule has 0 spiro atoms. The quantitative estimate of drug-likeness (QED) is 0.746. The zero-order valence-electron chi connectivity index (χ0n) is 10.6. The van der Waals surface area contributed by atoms with Crippen molar-refractivity contribution in [1.29, 1.82) is 5.39 Å². The van der Waals surface area contributed by atoms with Crippen molar-refractivity contribution in [3.8, 4) is 5.75 Å². The van der Waals surface area contributed by atoms with Gasteiger partial charge in [-0.2, -0.15) is 0 Å². The van der Waals surface area contributed by atoms with Crippen LogP contribution in [0.3, 0.4) is 0 Å². The van der Waals surface area contributed by atoms with Gasteiger partial charge in [0.2, 0.25) is 11.1 Å². The second-order valence-corrected chi connectivity index (χ2v) is 4.35. The van der Waals surface area contributed by atoms with Crippen molar-refractivity contribution in [2.75, 3.05) is 0 Å². The molecule has 0 radical (unpaired) electrons. The molecule has 0 saturated heterocycles. The van der Waals surface area contributed by atoms with Gasteiger partial charge in [-0.3, -0.25) is 0 Å². The molecule has 2 aromatic carbocycles. The van der Waals surface area contributed by atoms with Gasteiger partial charge >= 0.3 is 5.69 Å². The van der Waals surface area contributed by atoms with Crippen LogP contribution in [0, 0.1) is 19.2 Å². The molecule has 90 valence electrons. The van der Waals surface area contributed by atoms with E-state index >= 15 is 0 Å². The molecule has 0 aromatic heterocycles. The molecule has 0 heterocycles. The standard InChI is InChI=1S/C15H15N2O/c1-11-3-6-13(7-4-11)10-18-15-8-5-12(2)9-14(15)17-16/h3-9H,10H2,1-2H3/q+1. The molecule has 2 aromatic rings. The highest BCUT2D eigenvalue weighted by molar-refractivity contribution is 5.58. The van der Waals surface area contributed by atoms with Crippen LogP contribution in [0.4, 0.5) is 5.69 Å². The van der Waals surface area contributed by atoms with E-state index in [2.05, 4.69) is 4.98 Å². The number of ether oxygens (including phenoxy) is 1. The highest BCUT2D eigenvalue weighted by atomic mass is 16.5. The molecular weight excluding hydrogens is 224 g/mol. The molecule has 3 nitrogen and oxygen atoms in total. The summed E-state index contributed by atoms with van der Waals surface area (Å²) in [4.78, 5) is 3.23.